The van der Waals surface area contributed by atoms with E-state index in [1.807, 2.05) is 23.1 Å². The first-order valence-electron chi connectivity index (χ1n) is 7.79. The van der Waals surface area contributed by atoms with Crippen molar-refractivity contribution in [3.63, 3.8) is 0 Å². The van der Waals surface area contributed by atoms with Crippen LogP contribution in [0.2, 0.25) is 0 Å². The molecular weight excluding hydrogens is 264 g/mol. The number of nitrogens with one attached hydrogen (secondary N) is 1. The summed E-state index contributed by atoms with van der Waals surface area (Å²) < 4.78 is 0. The van der Waals surface area contributed by atoms with Crippen molar-refractivity contribution in [1.29, 1.82) is 0 Å². The predicted molar refractivity (Wildman–Crippen MR) is 83.8 cm³/mol. The maximum absolute atomic E-state index is 12.2. The van der Waals surface area contributed by atoms with Crippen LogP contribution in [0, 0.1) is 5.92 Å². The third kappa shape index (κ3) is 5.14. The Balaban J connectivity index is 1.93. The number of benzene rings is 1. The van der Waals surface area contributed by atoms with Gasteiger partial charge in [-0.05, 0) is 24.3 Å². The number of aliphatic hydroxyl groups is 1. The van der Waals surface area contributed by atoms with Crippen LogP contribution >= 0.6 is 0 Å². The lowest BCUT2D eigenvalue weighted by atomic mass is 9.97. The van der Waals surface area contributed by atoms with E-state index < -0.39 is 0 Å². The minimum absolute atomic E-state index is 0.0404. The molecule has 2 rings (SSSR count). The van der Waals surface area contributed by atoms with Gasteiger partial charge in [-0.25, -0.2) is 0 Å². The van der Waals surface area contributed by atoms with Gasteiger partial charge < -0.3 is 10.4 Å². The highest BCUT2D eigenvalue weighted by molar-refractivity contribution is 5.78. The SMILES string of the molecule is CC(C)CC(NC(=O)CN1CC[C@H](O)C1)c1ccccc1. The highest BCUT2D eigenvalue weighted by Gasteiger charge is 2.23. The van der Waals surface area contributed by atoms with E-state index in [0.29, 0.717) is 19.0 Å². The number of carbonyl (C=O) groups excluding carboxylic acids is 1. The molecule has 0 aliphatic carbocycles. The predicted octanol–water partition coefficient (Wildman–Crippen LogP) is 1.96. The average molecular weight is 290 g/mol. The molecule has 1 amide bonds. The number of carbonyl (C=O) groups is 1. The molecule has 2 atom stereocenters. The Bertz CT molecular complexity index is 447. The van der Waals surface area contributed by atoms with Crippen LogP contribution in [0.5, 0.6) is 0 Å². The molecule has 1 aliphatic heterocycles. The van der Waals surface area contributed by atoms with Gasteiger partial charge in [0, 0.05) is 13.1 Å². The van der Waals surface area contributed by atoms with E-state index in [4.69, 9.17) is 0 Å². The van der Waals surface area contributed by atoms with Crippen molar-refractivity contribution in [2.24, 2.45) is 5.92 Å². The summed E-state index contributed by atoms with van der Waals surface area (Å²) in [4.78, 5) is 14.2. The zero-order valence-corrected chi connectivity index (χ0v) is 13.0. The monoisotopic (exact) mass is 290 g/mol. The summed E-state index contributed by atoms with van der Waals surface area (Å²) in [6.07, 6.45) is 1.41. The fourth-order valence-electron chi connectivity index (χ4n) is 2.83. The maximum Gasteiger partial charge on any atom is 0.234 e. The number of β-amino-alcohol motifs (C(OH)–C–C–N with tert-alkyl or cyclic N) is 1. The lowest BCUT2D eigenvalue weighted by Crippen LogP contribution is -2.38. The van der Waals surface area contributed by atoms with E-state index in [0.717, 1.165) is 24.9 Å². The zero-order chi connectivity index (χ0) is 15.2. The minimum Gasteiger partial charge on any atom is -0.392 e. The smallest absolute Gasteiger partial charge is 0.234 e. The third-order valence-electron chi connectivity index (χ3n) is 3.86. The van der Waals surface area contributed by atoms with E-state index in [1.54, 1.807) is 0 Å². The molecule has 1 aromatic carbocycles. The van der Waals surface area contributed by atoms with Gasteiger partial charge in [0.1, 0.15) is 0 Å². The van der Waals surface area contributed by atoms with Crippen molar-refractivity contribution >= 4 is 5.91 Å². The summed E-state index contributed by atoms with van der Waals surface area (Å²) >= 11 is 0. The zero-order valence-electron chi connectivity index (χ0n) is 13.0. The largest absolute Gasteiger partial charge is 0.392 e. The van der Waals surface area contributed by atoms with Gasteiger partial charge >= 0.3 is 0 Å². The highest BCUT2D eigenvalue weighted by Crippen LogP contribution is 2.21. The summed E-state index contributed by atoms with van der Waals surface area (Å²) in [7, 11) is 0. The fourth-order valence-corrected chi connectivity index (χ4v) is 2.83. The second-order valence-corrected chi connectivity index (χ2v) is 6.34. The number of aliphatic hydroxyl groups excluding tert-OH is 1. The molecule has 1 saturated heterocycles. The van der Waals surface area contributed by atoms with E-state index in [1.165, 1.54) is 0 Å². The lowest BCUT2D eigenvalue weighted by Gasteiger charge is -2.23. The first kappa shape index (κ1) is 16.0. The number of likely N-dealkylation sites (tertiary alicyclic amines) is 1. The van der Waals surface area contributed by atoms with Crippen molar-refractivity contribution in [2.45, 2.75) is 38.8 Å². The molecule has 2 N–H and O–H groups in total. The summed E-state index contributed by atoms with van der Waals surface area (Å²) in [5.74, 6) is 0.558. The third-order valence-corrected chi connectivity index (χ3v) is 3.86. The summed E-state index contributed by atoms with van der Waals surface area (Å²) in [5, 5.41) is 12.7. The van der Waals surface area contributed by atoms with Gasteiger partial charge in [0.25, 0.3) is 0 Å². The van der Waals surface area contributed by atoms with Crippen molar-refractivity contribution in [2.75, 3.05) is 19.6 Å². The minimum atomic E-state index is -0.279. The molecule has 0 saturated carbocycles. The van der Waals surface area contributed by atoms with Crippen LogP contribution in [-0.2, 0) is 4.79 Å². The Kier molecular flexibility index (Phi) is 5.76. The second-order valence-electron chi connectivity index (χ2n) is 6.34. The molecule has 4 heteroatoms. The molecule has 116 valence electrons. The van der Waals surface area contributed by atoms with Crippen LogP contribution in [0.25, 0.3) is 0 Å². The Morgan fingerprint density at radius 3 is 2.67 bits per heavy atom. The highest BCUT2D eigenvalue weighted by atomic mass is 16.3. The summed E-state index contributed by atoms with van der Waals surface area (Å²) in [6.45, 7) is 6.11. The van der Waals surface area contributed by atoms with Crippen LogP contribution < -0.4 is 5.32 Å². The van der Waals surface area contributed by atoms with Crippen LogP contribution in [0.4, 0.5) is 0 Å². The van der Waals surface area contributed by atoms with E-state index in [9.17, 15) is 9.90 Å². The van der Waals surface area contributed by atoms with Crippen molar-refractivity contribution < 1.29 is 9.90 Å². The molecule has 0 radical (unpaired) electrons. The van der Waals surface area contributed by atoms with Crippen LogP contribution in [-0.4, -0.2) is 41.7 Å². The van der Waals surface area contributed by atoms with Gasteiger partial charge in [-0.2, -0.15) is 0 Å². The van der Waals surface area contributed by atoms with Crippen molar-refractivity contribution in [3.8, 4) is 0 Å². The van der Waals surface area contributed by atoms with Gasteiger partial charge in [-0.15, -0.1) is 0 Å². The molecule has 1 fully saturated rings. The number of rotatable bonds is 6. The van der Waals surface area contributed by atoms with Crippen molar-refractivity contribution in [1.82, 2.24) is 10.2 Å². The topological polar surface area (TPSA) is 52.6 Å². The van der Waals surface area contributed by atoms with Gasteiger partial charge in [-0.3, -0.25) is 9.69 Å². The van der Waals surface area contributed by atoms with Crippen LogP contribution in [0.1, 0.15) is 38.3 Å². The first-order chi connectivity index (χ1) is 10.0. The first-order valence-corrected chi connectivity index (χ1v) is 7.79. The Morgan fingerprint density at radius 2 is 2.10 bits per heavy atom. The number of hydrogen-bond donors (Lipinski definition) is 2. The Morgan fingerprint density at radius 1 is 1.38 bits per heavy atom. The molecule has 4 nitrogen and oxygen atoms in total. The second kappa shape index (κ2) is 7.57. The molecule has 1 unspecified atom stereocenters. The quantitative estimate of drug-likeness (QED) is 0.842. The summed E-state index contributed by atoms with van der Waals surface area (Å²) in [6, 6.07) is 10.2. The van der Waals surface area contributed by atoms with E-state index in [2.05, 4.69) is 31.3 Å². The molecule has 0 aromatic heterocycles. The molecule has 0 bridgehead atoms. The van der Waals surface area contributed by atoms with Gasteiger partial charge in [0.2, 0.25) is 5.91 Å². The normalized spacial score (nSPS) is 20.7. The average Bonchev–Trinajstić information content (AvgIpc) is 2.83. The lowest BCUT2D eigenvalue weighted by molar-refractivity contribution is -0.122. The Labute approximate surface area is 127 Å². The number of hydrogen-bond acceptors (Lipinski definition) is 3. The van der Waals surface area contributed by atoms with Crippen molar-refractivity contribution in [3.05, 3.63) is 35.9 Å². The molecule has 21 heavy (non-hydrogen) atoms. The molecule has 1 aromatic rings. The molecular formula is C17H26N2O2. The van der Waals surface area contributed by atoms with Gasteiger partial charge in [0.05, 0.1) is 18.7 Å². The van der Waals surface area contributed by atoms with E-state index in [-0.39, 0.29) is 18.1 Å². The van der Waals surface area contributed by atoms with E-state index >= 15 is 0 Å². The van der Waals surface area contributed by atoms with Crippen LogP contribution in [0.3, 0.4) is 0 Å². The Hall–Kier alpha value is -1.39. The summed E-state index contributed by atoms with van der Waals surface area (Å²) in [5.41, 5.74) is 1.15. The van der Waals surface area contributed by atoms with Gasteiger partial charge in [-0.1, -0.05) is 44.2 Å². The molecule has 0 spiro atoms. The van der Waals surface area contributed by atoms with Gasteiger partial charge in [0.15, 0.2) is 0 Å². The molecule has 1 aliphatic rings. The van der Waals surface area contributed by atoms with Crippen LogP contribution in [0.15, 0.2) is 30.3 Å². The maximum atomic E-state index is 12.2. The molecule has 1 heterocycles. The number of nitrogens with zero attached hydrogens (tertiary/aromatic N) is 1. The standard InChI is InChI=1S/C17H26N2O2/c1-13(2)10-16(14-6-4-3-5-7-14)18-17(21)12-19-9-8-15(20)11-19/h3-7,13,15-16,20H,8-12H2,1-2H3,(H,18,21)/t15-,16?/m0/s1. The fraction of sp³-hybridized carbons (Fsp3) is 0.588. The number of amides is 1.